The highest BCUT2D eigenvalue weighted by atomic mass is 16.6. The van der Waals surface area contributed by atoms with Crippen LogP contribution in [0.4, 0.5) is 5.69 Å². The van der Waals surface area contributed by atoms with E-state index in [4.69, 9.17) is 13.7 Å². The third-order valence-corrected chi connectivity index (χ3v) is 4.85. The fourth-order valence-corrected chi connectivity index (χ4v) is 3.36. The normalized spacial score (nSPS) is 10.9. The first-order valence-corrected chi connectivity index (χ1v) is 9.81. The molecule has 0 unspecified atom stereocenters. The zero-order valence-corrected chi connectivity index (χ0v) is 18.0. The number of furan rings is 1. The van der Waals surface area contributed by atoms with Crippen LogP contribution < -0.4 is 10.1 Å². The number of nitrogens with one attached hydrogen (secondary N) is 1. The predicted molar refractivity (Wildman–Crippen MR) is 116 cm³/mol. The molecule has 3 heterocycles. The molecule has 0 radical (unpaired) electrons. The summed E-state index contributed by atoms with van der Waals surface area (Å²) < 4.78 is 20.9. The second kappa shape index (κ2) is 8.54. The molecular formula is C23H21N3O6. The number of hydrogen-bond acceptors (Lipinski definition) is 8. The van der Waals surface area contributed by atoms with E-state index in [2.05, 4.69) is 20.2 Å². The molecule has 0 atom stereocenters. The molecule has 32 heavy (non-hydrogen) atoms. The molecule has 0 bridgehead atoms. The van der Waals surface area contributed by atoms with Crippen molar-refractivity contribution in [3.63, 3.8) is 0 Å². The Kier molecular flexibility index (Phi) is 5.63. The maximum atomic E-state index is 13.2. The van der Waals surface area contributed by atoms with Crippen molar-refractivity contribution in [2.75, 3.05) is 19.0 Å². The largest absolute Gasteiger partial charge is 0.482 e. The lowest BCUT2D eigenvalue weighted by molar-refractivity contribution is -0.142. The minimum atomic E-state index is -0.501. The molecule has 1 N–H and O–H groups in total. The topological polar surface area (TPSA) is 117 Å². The van der Waals surface area contributed by atoms with Crippen molar-refractivity contribution >= 4 is 28.7 Å². The van der Waals surface area contributed by atoms with Crippen molar-refractivity contribution in [3.05, 3.63) is 59.2 Å². The van der Waals surface area contributed by atoms with E-state index >= 15 is 0 Å². The minimum Gasteiger partial charge on any atom is -0.482 e. The number of carbonyl (C=O) groups is 2. The standard InChI is InChI=1S/C23H21N3O6/c1-12-8-17(14(3)31-12)19-10-18(21-13(2)26-32-23(21)25-19)22(28)24-15-6-5-7-16(9-15)30-11-20(27)29-4/h5-10H,11H2,1-4H3,(H,24,28). The van der Waals surface area contributed by atoms with Gasteiger partial charge < -0.3 is 23.7 Å². The first-order chi connectivity index (χ1) is 15.4. The number of aromatic nitrogens is 2. The van der Waals surface area contributed by atoms with Gasteiger partial charge in [0.15, 0.2) is 6.61 Å². The van der Waals surface area contributed by atoms with Crippen LogP contribution >= 0.6 is 0 Å². The quantitative estimate of drug-likeness (QED) is 0.448. The van der Waals surface area contributed by atoms with E-state index in [-0.39, 0.29) is 18.2 Å². The Morgan fingerprint density at radius 3 is 2.66 bits per heavy atom. The van der Waals surface area contributed by atoms with E-state index in [9.17, 15) is 9.59 Å². The van der Waals surface area contributed by atoms with Gasteiger partial charge in [0, 0.05) is 17.3 Å². The van der Waals surface area contributed by atoms with Crippen LogP contribution in [0, 0.1) is 20.8 Å². The third-order valence-electron chi connectivity index (χ3n) is 4.85. The van der Waals surface area contributed by atoms with E-state index in [1.807, 2.05) is 19.9 Å². The second-order valence-electron chi connectivity index (χ2n) is 7.18. The highest BCUT2D eigenvalue weighted by Crippen LogP contribution is 2.31. The number of esters is 1. The SMILES string of the molecule is COC(=O)COc1cccc(NC(=O)c2cc(-c3cc(C)oc3C)nc3onc(C)c23)c1. The summed E-state index contributed by atoms with van der Waals surface area (Å²) in [5.74, 6) is 0.974. The fraction of sp³-hybridized carbons (Fsp3) is 0.217. The molecule has 9 nitrogen and oxygen atoms in total. The Morgan fingerprint density at radius 2 is 1.94 bits per heavy atom. The molecule has 0 saturated heterocycles. The van der Waals surface area contributed by atoms with Crippen LogP contribution in [0.1, 0.15) is 27.6 Å². The molecule has 164 valence electrons. The number of hydrogen-bond donors (Lipinski definition) is 1. The molecule has 0 saturated carbocycles. The Labute approximate surface area is 183 Å². The average Bonchev–Trinajstić information content (AvgIpc) is 3.32. The summed E-state index contributed by atoms with van der Waals surface area (Å²) >= 11 is 0. The maximum Gasteiger partial charge on any atom is 0.343 e. The summed E-state index contributed by atoms with van der Waals surface area (Å²) in [7, 11) is 1.28. The van der Waals surface area contributed by atoms with Gasteiger partial charge in [-0.2, -0.15) is 0 Å². The first kappa shape index (κ1) is 21.1. The lowest BCUT2D eigenvalue weighted by atomic mass is 10.1. The van der Waals surface area contributed by atoms with Gasteiger partial charge in [0.2, 0.25) is 0 Å². The van der Waals surface area contributed by atoms with Crippen LogP contribution in [-0.4, -0.2) is 35.7 Å². The van der Waals surface area contributed by atoms with Crippen LogP contribution in [0.3, 0.4) is 0 Å². The molecule has 0 spiro atoms. The molecule has 3 aromatic heterocycles. The zero-order valence-electron chi connectivity index (χ0n) is 18.0. The Hall–Kier alpha value is -4.14. The number of aryl methyl sites for hydroxylation is 3. The molecule has 0 aliphatic carbocycles. The van der Waals surface area contributed by atoms with E-state index in [0.717, 1.165) is 11.3 Å². The monoisotopic (exact) mass is 435 g/mol. The molecule has 4 rings (SSSR count). The first-order valence-electron chi connectivity index (χ1n) is 9.81. The van der Waals surface area contributed by atoms with E-state index in [1.165, 1.54) is 7.11 Å². The summed E-state index contributed by atoms with van der Waals surface area (Å²) in [4.78, 5) is 29.0. The summed E-state index contributed by atoms with van der Waals surface area (Å²) in [6.07, 6.45) is 0. The van der Waals surface area contributed by atoms with E-state index < -0.39 is 5.97 Å². The smallest absolute Gasteiger partial charge is 0.343 e. The number of amides is 1. The van der Waals surface area contributed by atoms with Crippen molar-refractivity contribution < 1.29 is 28.0 Å². The molecule has 1 amide bonds. The Balaban J connectivity index is 1.67. The van der Waals surface area contributed by atoms with E-state index in [1.54, 1.807) is 37.3 Å². The number of ether oxygens (including phenoxy) is 2. The van der Waals surface area contributed by atoms with Crippen LogP contribution in [0.5, 0.6) is 5.75 Å². The van der Waals surface area contributed by atoms with Gasteiger partial charge in [-0.1, -0.05) is 11.2 Å². The second-order valence-corrected chi connectivity index (χ2v) is 7.18. The van der Waals surface area contributed by atoms with Crippen molar-refractivity contribution in [3.8, 4) is 17.0 Å². The van der Waals surface area contributed by atoms with Gasteiger partial charge in [0.25, 0.3) is 11.6 Å². The zero-order chi connectivity index (χ0) is 22.8. The molecular weight excluding hydrogens is 414 g/mol. The van der Waals surface area contributed by atoms with Gasteiger partial charge in [-0.3, -0.25) is 4.79 Å². The summed E-state index contributed by atoms with van der Waals surface area (Å²) in [5, 5.41) is 7.35. The number of pyridine rings is 1. The molecule has 1 aromatic carbocycles. The van der Waals surface area contributed by atoms with Gasteiger partial charge in [-0.15, -0.1) is 0 Å². The van der Waals surface area contributed by atoms with Crippen LogP contribution in [0.2, 0.25) is 0 Å². The predicted octanol–water partition coefficient (Wildman–Crippen LogP) is 4.21. The highest BCUT2D eigenvalue weighted by molar-refractivity contribution is 6.13. The third kappa shape index (κ3) is 4.18. The van der Waals surface area contributed by atoms with Gasteiger partial charge in [0.05, 0.1) is 29.4 Å². The molecule has 0 aliphatic rings. The van der Waals surface area contributed by atoms with Crippen LogP contribution in [0.25, 0.3) is 22.4 Å². The number of carbonyl (C=O) groups excluding carboxylic acids is 2. The van der Waals surface area contributed by atoms with E-state index in [0.29, 0.717) is 39.5 Å². The fourth-order valence-electron chi connectivity index (χ4n) is 3.36. The van der Waals surface area contributed by atoms with Gasteiger partial charge in [-0.25, -0.2) is 9.78 Å². The number of fused-ring (bicyclic) bond motifs is 1. The molecule has 4 aromatic rings. The highest BCUT2D eigenvalue weighted by Gasteiger charge is 2.21. The molecule has 0 aliphatic heterocycles. The number of nitrogens with zero attached hydrogens (tertiary/aromatic N) is 2. The molecule has 9 heteroatoms. The minimum absolute atomic E-state index is 0.231. The van der Waals surface area contributed by atoms with Crippen LogP contribution in [-0.2, 0) is 9.53 Å². The van der Waals surface area contributed by atoms with Gasteiger partial charge in [-0.05, 0) is 45.0 Å². The van der Waals surface area contributed by atoms with Crippen LogP contribution in [0.15, 0.2) is 45.3 Å². The Bertz CT molecular complexity index is 1320. The average molecular weight is 435 g/mol. The lowest BCUT2D eigenvalue weighted by Gasteiger charge is -2.10. The number of methoxy groups -OCH3 is 1. The van der Waals surface area contributed by atoms with Gasteiger partial charge >= 0.3 is 5.97 Å². The number of anilines is 1. The Morgan fingerprint density at radius 1 is 1.12 bits per heavy atom. The summed E-state index contributed by atoms with van der Waals surface area (Å²) in [6, 6.07) is 10.3. The number of rotatable bonds is 6. The number of benzene rings is 1. The summed E-state index contributed by atoms with van der Waals surface area (Å²) in [6.45, 7) is 5.19. The van der Waals surface area contributed by atoms with Gasteiger partial charge in [0.1, 0.15) is 17.3 Å². The maximum absolute atomic E-state index is 13.2. The van der Waals surface area contributed by atoms with Crippen molar-refractivity contribution in [2.45, 2.75) is 20.8 Å². The van der Waals surface area contributed by atoms with Crippen molar-refractivity contribution in [2.24, 2.45) is 0 Å². The van der Waals surface area contributed by atoms with Crippen molar-refractivity contribution in [1.29, 1.82) is 0 Å². The lowest BCUT2D eigenvalue weighted by Crippen LogP contribution is -2.14. The molecule has 0 fully saturated rings. The van der Waals surface area contributed by atoms with Crippen molar-refractivity contribution in [1.82, 2.24) is 10.1 Å². The summed E-state index contributed by atoms with van der Waals surface area (Å²) in [5.41, 5.74) is 2.99.